The van der Waals surface area contributed by atoms with Gasteiger partial charge in [-0.1, -0.05) is 30.3 Å². The molecule has 1 heterocycles. The highest BCUT2D eigenvalue weighted by Crippen LogP contribution is 2.27. The van der Waals surface area contributed by atoms with Crippen LogP contribution in [0.5, 0.6) is 0 Å². The Balaban J connectivity index is 2.13. The number of hydrogen-bond donors (Lipinski definition) is 2. The highest BCUT2D eigenvalue weighted by Gasteiger charge is 2.42. The number of carbonyl (C=O) groups is 2. The van der Waals surface area contributed by atoms with E-state index >= 15 is 0 Å². The number of primary amides is 1. The Morgan fingerprint density at radius 1 is 1.33 bits per heavy atom. The van der Waals surface area contributed by atoms with Gasteiger partial charge in [0.25, 0.3) is 0 Å². The second-order valence-corrected chi connectivity index (χ2v) is 4.77. The largest absolute Gasteiger partial charge is 0.379 e. The van der Waals surface area contributed by atoms with Crippen molar-refractivity contribution in [1.29, 1.82) is 0 Å². The van der Waals surface area contributed by atoms with Gasteiger partial charge in [-0.15, -0.1) is 0 Å². The zero-order chi connectivity index (χ0) is 13.2. The van der Waals surface area contributed by atoms with Crippen LogP contribution in [0.1, 0.15) is 18.5 Å². The third-order valence-electron chi connectivity index (χ3n) is 3.08. The van der Waals surface area contributed by atoms with Crippen LogP contribution in [-0.4, -0.2) is 25.0 Å². The van der Waals surface area contributed by atoms with Crippen molar-refractivity contribution in [2.24, 2.45) is 11.1 Å². The van der Waals surface area contributed by atoms with Gasteiger partial charge < -0.3 is 15.8 Å². The van der Waals surface area contributed by atoms with Crippen LogP contribution in [0.3, 0.4) is 0 Å². The second kappa shape index (κ2) is 4.78. The van der Waals surface area contributed by atoms with Crippen molar-refractivity contribution in [1.82, 2.24) is 5.32 Å². The fourth-order valence-corrected chi connectivity index (χ4v) is 1.81. The van der Waals surface area contributed by atoms with E-state index in [2.05, 4.69) is 5.32 Å². The fourth-order valence-electron chi connectivity index (χ4n) is 1.81. The first-order valence-corrected chi connectivity index (χ1v) is 5.76. The summed E-state index contributed by atoms with van der Waals surface area (Å²) in [5, 5.41) is 2.68. The van der Waals surface area contributed by atoms with E-state index in [1.165, 1.54) is 0 Å². The van der Waals surface area contributed by atoms with Gasteiger partial charge in [-0.3, -0.25) is 9.59 Å². The molecule has 2 rings (SSSR count). The zero-order valence-electron chi connectivity index (χ0n) is 10.2. The molecule has 1 fully saturated rings. The maximum absolute atomic E-state index is 12.0. The van der Waals surface area contributed by atoms with Gasteiger partial charge in [0.2, 0.25) is 11.8 Å². The van der Waals surface area contributed by atoms with E-state index < -0.39 is 17.4 Å². The Kier molecular flexibility index (Phi) is 3.34. The monoisotopic (exact) mass is 248 g/mol. The molecule has 0 spiro atoms. The van der Waals surface area contributed by atoms with Crippen molar-refractivity contribution in [3.05, 3.63) is 35.9 Å². The minimum absolute atomic E-state index is 0.207. The van der Waals surface area contributed by atoms with E-state index in [1.54, 1.807) is 31.2 Å². The number of rotatable bonds is 4. The number of amides is 2. The average Bonchev–Trinajstić information content (AvgIpc) is 2.33. The minimum atomic E-state index is -0.795. The molecule has 0 radical (unpaired) electrons. The normalized spacial score (nSPS) is 18.5. The maximum atomic E-state index is 12.0. The second-order valence-electron chi connectivity index (χ2n) is 4.77. The predicted molar refractivity (Wildman–Crippen MR) is 65.4 cm³/mol. The molecule has 1 aromatic carbocycles. The molecular weight excluding hydrogens is 232 g/mol. The molecule has 2 amide bonds. The Labute approximate surface area is 105 Å². The van der Waals surface area contributed by atoms with Gasteiger partial charge in [-0.05, 0) is 12.5 Å². The van der Waals surface area contributed by atoms with Crippen LogP contribution < -0.4 is 11.1 Å². The van der Waals surface area contributed by atoms with Crippen LogP contribution in [0.25, 0.3) is 0 Å². The Bertz CT molecular complexity index is 455. The molecule has 96 valence electrons. The summed E-state index contributed by atoms with van der Waals surface area (Å²) in [4.78, 5) is 23.5. The van der Waals surface area contributed by atoms with E-state index in [0.717, 1.165) is 0 Å². The number of nitrogens with two attached hydrogens (primary N) is 1. The third kappa shape index (κ3) is 2.36. The van der Waals surface area contributed by atoms with Crippen LogP contribution in [0.2, 0.25) is 0 Å². The quantitative estimate of drug-likeness (QED) is 0.807. The molecule has 1 aromatic rings. The molecular formula is C13H16N2O3. The number of benzene rings is 1. The first kappa shape index (κ1) is 12.6. The highest BCUT2D eigenvalue weighted by molar-refractivity contribution is 5.90. The summed E-state index contributed by atoms with van der Waals surface area (Å²) in [6.45, 7) is 2.55. The van der Waals surface area contributed by atoms with E-state index in [0.29, 0.717) is 18.8 Å². The van der Waals surface area contributed by atoms with E-state index in [1.807, 2.05) is 6.07 Å². The molecule has 0 unspecified atom stereocenters. The standard InChI is InChI=1S/C13H16N2O3/c1-13(7-18-8-13)12(17)15-10(11(14)16)9-5-3-2-4-6-9/h2-6,10H,7-8H2,1H3,(H2,14,16)(H,15,17)/t10-/m0/s1. The Hall–Kier alpha value is -1.88. The molecule has 18 heavy (non-hydrogen) atoms. The first-order chi connectivity index (χ1) is 8.53. The Morgan fingerprint density at radius 2 is 1.94 bits per heavy atom. The fraction of sp³-hybridized carbons (Fsp3) is 0.385. The summed E-state index contributed by atoms with van der Waals surface area (Å²) in [5.74, 6) is -0.778. The summed E-state index contributed by atoms with van der Waals surface area (Å²) >= 11 is 0. The lowest BCUT2D eigenvalue weighted by Gasteiger charge is -2.37. The molecule has 1 atom stereocenters. The molecule has 0 aromatic heterocycles. The van der Waals surface area contributed by atoms with Crippen LogP contribution in [-0.2, 0) is 14.3 Å². The van der Waals surface area contributed by atoms with Crippen molar-refractivity contribution < 1.29 is 14.3 Å². The van der Waals surface area contributed by atoms with Crippen molar-refractivity contribution in [3.8, 4) is 0 Å². The molecule has 0 bridgehead atoms. The summed E-state index contributed by atoms with van der Waals surface area (Å²) in [6, 6.07) is 8.16. The topological polar surface area (TPSA) is 81.4 Å². The van der Waals surface area contributed by atoms with Crippen molar-refractivity contribution in [2.45, 2.75) is 13.0 Å². The molecule has 1 aliphatic heterocycles. The van der Waals surface area contributed by atoms with Crippen molar-refractivity contribution >= 4 is 11.8 Å². The molecule has 1 aliphatic rings. The lowest BCUT2D eigenvalue weighted by molar-refractivity contribution is -0.159. The molecule has 0 saturated carbocycles. The van der Waals surface area contributed by atoms with E-state index in [9.17, 15) is 9.59 Å². The summed E-state index contributed by atoms with van der Waals surface area (Å²) in [6.07, 6.45) is 0. The molecule has 3 N–H and O–H groups in total. The van der Waals surface area contributed by atoms with Crippen LogP contribution in [0, 0.1) is 5.41 Å². The van der Waals surface area contributed by atoms with Crippen molar-refractivity contribution in [2.75, 3.05) is 13.2 Å². The van der Waals surface area contributed by atoms with E-state index in [4.69, 9.17) is 10.5 Å². The molecule has 1 saturated heterocycles. The van der Waals surface area contributed by atoms with Gasteiger partial charge in [0.15, 0.2) is 0 Å². The minimum Gasteiger partial charge on any atom is -0.379 e. The lowest BCUT2D eigenvalue weighted by atomic mass is 9.87. The van der Waals surface area contributed by atoms with E-state index in [-0.39, 0.29) is 5.91 Å². The maximum Gasteiger partial charge on any atom is 0.244 e. The van der Waals surface area contributed by atoms with Gasteiger partial charge >= 0.3 is 0 Å². The van der Waals surface area contributed by atoms with Gasteiger partial charge in [0, 0.05) is 0 Å². The molecule has 0 aliphatic carbocycles. The Morgan fingerprint density at radius 3 is 2.39 bits per heavy atom. The van der Waals surface area contributed by atoms with Gasteiger partial charge in [0.05, 0.1) is 18.6 Å². The molecule has 5 nitrogen and oxygen atoms in total. The van der Waals surface area contributed by atoms with Gasteiger partial charge in [0.1, 0.15) is 6.04 Å². The highest BCUT2D eigenvalue weighted by atomic mass is 16.5. The average molecular weight is 248 g/mol. The third-order valence-corrected chi connectivity index (χ3v) is 3.08. The SMILES string of the molecule is CC1(C(=O)N[C@H](C(N)=O)c2ccccc2)COC1. The number of carbonyl (C=O) groups excluding carboxylic acids is 2. The van der Waals surface area contributed by atoms with Crippen LogP contribution in [0.4, 0.5) is 0 Å². The summed E-state index contributed by atoms with van der Waals surface area (Å²) < 4.78 is 5.03. The first-order valence-electron chi connectivity index (χ1n) is 5.76. The predicted octanol–water partition coefficient (Wildman–Crippen LogP) is 0.366. The number of nitrogens with one attached hydrogen (secondary N) is 1. The smallest absolute Gasteiger partial charge is 0.244 e. The number of hydrogen-bond acceptors (Lipinski definition) is 3. The van der Waals surface area contributed by atoms with Gasteiger partial charge in [-0.25, -0.2) is 0 Å². The lowest BCUT2D eigenvalue weighted by Crippen LogP contribution is -2.54. The number of ether oxygens (including phenoxy) is 1. The van der Waals surface area contributed by atoms with Gasteiger partial charge in [-0.2, -0.15) is 0 Å². The summed E-state index contributed by atoms with van der Waals surface area (Å²) in [5.41, 5.74) is 5.46. The van der Waals surface area contributed by atoms with Crippen molar-refractivity contribution in [3.63, 3.8) is 0 Å². The van der Waals surface area contributed by atoms with Crippen LogP contribution >= 0.6 is 0 Å². The summed E-state index contributed by atoms with van der Waals surface area (Å²) in [7, 11) is 0. The molecule has 5 heteroatoms. The van der Waals surface area contributed by atoms with Crippen LogP contribution in [0.15, 0.2) is 30.3 Å². The zero-order valence-corrected chi connectivity index (χ0v) is 10.2.